The lowest BCUT2D eigenvalue weighted by Gasteiger charge is -2.33. The maximum Gasteiger partial charge on any atom is 0.460 e. The van der Waals surface area contributed by atoms with Crippen molar-refractivity contribution in [2.24, 2.45) is 0 Å². The van der Waals surface area contributed by atoms with Gasteiger partial charge in [0.25, 0.3) is 10.0 Å². The number of hydrogen-bond donors (Lipinski definition) is 1. The Morgan fingerprint density at radius 3 is 1.68 bits per heavy atom. The highest BCUT2D eigenvalue weighted by Crippen LogP contribution is 2.54. The Morgan fingerprint density at radius 1 is 0.840 bits per heavy atom. The summed E-state index contributed by atoms with van der Waals surface area (Å²) in [5.74, 6) is -14.5. The molecule has 1 rings (SSSR count). The fourth-order valence-electron chi connectivity index (χ4n) is 1.65. The zero-order chi connectivity index (χ0) is 19.9. The SMILES string of the molecule is CC(NS(=O)(=O)C(F)(F)C(F)(F)C(F)(F)C(F)(F)F)c1ccccc1. The van der Waals surface area contributed by atoms with Crippen LogP contribution in [-0.2, 0) is 10.0 Å². The van der Waals surface area contributed by atoms with Gasteiger partial charge in [0, 0.05) is 6.04 Å². The first-order valence-electron chi connectivity index (χ1n) is 6.26. The lowest BCUT2D eigenvalue weighted by molar-refractivity contribution is -0.382. The van der Waals surface area contributed by atoms with Crippen LogP contribution in [0.4, 0.5) is 39.5 Å². The van der Waals surface area contributed by atoms with Gasteiger partial charge in [0.15, 0.2) is 0 Å². The van der Waals surface area contributed by atoms with E-state index >= 15 is 0 Å². The number of sulfonamides is 1. The minimum absolute atomic E-state index is 0.0206. The average molecular weight is 403 g/mol. The quantitative estimate of drug-likeness (QED) is 0.728. The number of nitrogens with one attached hydrogen (secondary N) is 1. The highest BCUT2D eigenvalue weighted by Gasteiger charge is 2.85. The molecule has 0 fully saturated rings. The van der Waals surface area contributed by atoms with Gasteiger partial charge in [-0.3, -0.25) is 0 Å². The maximum absolute atomic E-state index is 13.5. The Labute approximate surface area is 135 Å². The summed E-state index contributed by atoms with van der Waals surface area (Å²) < 4.78 is 139. The lowest BCUT2D eigenvalue weighted by Crippen LogP contribution is -2.65. The van der Waals surface area contributed by atoms with E-state index < -0.39 is 39.3 Å². The first-order chi connectivity index (χ1) is 11.0. The highest BCUT2D eigenvalue weighted by molar-refractivity contribution is 7.90. The van der Waals surface area contributed by atoms with Crippen molar-refractivity contribution in [3.63, 3.8) is 0 Å². The Kier molecular flexibility index (Phi) is 5.46. The van der Waals surface area contributed by atoms with Crippen molar-refractivity contribution in [3.05, 3.63) is 35.9 Å². The van der Waals surface area contributed by atoms with Crippen LogP contribution in [0.15, 0.2) is 30.3 Å². The van der Waals surface area contributed by atoms with Crippen molar-refractivity contribution in [2.75, 3.05) is 0 Å². The zero-order valence-electron chi connectivity index (χ0n) is 12.1. The molecular formula is C12H10F9NO2S. The molecule has 0 spiro atoms. The van der Waals surface area contributed by atoms with Crippen molar-refractivity contribution in [1.82, 2.24) is 4.72 Å². The molecule has 1 atom stereocenters. The molecule has 0 amide bonds. The topological polar surface area (TPSA) is 46.2 Å². The van der Waals surface area contributed by atoms with Gasteiger partial charge in [-0.05, 0) is 12.5 Å². The molecule has 144 valence electrons. The summed E-state index contributed by atoms with van der Waals surface area (Å²) in [6.45, 7) is 0.906. The van der Waals surface area contributed by atoms with Crippen LogP contribution in [0.3, 0.4) is 0 Å². The molecule has 13 heteroatoms. The van der Waals surface area contributed by atoms with Crippen LogP contribution in [-0.4, -0.2) is 31.7 Å². The summed E-state index contributed by atoms with van der Waals surface area (Å²) in [5.41, 5.74) is -0.0206. The van der Waals surface area contributed by atoms with E-state index in [1.807, 2.05) is 0 Å². The van der Waals surface area contributed by atoms with Crippen molar-refractivity contribution in [1.29, 1.82) is 0 Å². The molecule has 1 aromatic rings. The second-order valence-electron chi connectivity index (χ2n) is 4.92. The summed E-state index contributed by atoms with van der Waals surface area (Å²) in [7, 11) is -6.62. The van der Waals surface area contributed by atoms with Gasteiger partial charge in [0.1, 0.15) is 0 Å². The Balaban J connectivity index is 3.26. The molecular weight excluding hydrogens is 393 g/mol. The predicted molar refractivity (Wildman–Crippen MR) is 67.8 cm³/mol. The number of hydrogen-bond acceptors (Lipinski definition) is 2. The minimum atomic E-state index is -7.28. The first kappa shape index (κ1) is 21.5. The van der Waals surface area contributed by atoms with Gasteiger partial charge >= 0.3 is 23.3 Å². The van der Waals surface area contributed by atoms with E-state index in [0.29, 0.717) is 0 Å². The van der Waals surface area contributed by atoms with E-state index in [-0.39, 0.29) is 5.56 Å². The molecule has 0 bridgehead atoms. The van der Waals surface area contributed by atoms with Gasteiger partial charge in [-0.25, -0.2) is 13.1 Å². The summed E-state index contributed by atoms with van der Waals surface area (Å²) in [4.78, 5) is 0. The molecule has 25 heavy (non-hydrogen) atoms. The van der Waals surface area contributed by atoms with Crippen LogP contribution in [0.5, 0.6) is 0 Å². The first-order valence-corrected chi connectivity index (χ1v) is 7.74. The smallest absolute Gasteiger partial charge is 0.206 e. The molecule has 0 radical (unpaired) electrons. The average Bonchev–Trinajstić information content (AvgIpc) is 2.45. The number of benzene rings is 1. The number of alkyl halides is 9. The van der Waals surface area contributed by atoms with Gasteiger partial charge < -0.3 is 0 Å². The molecule has 0 aliphatic carbocycles. The Bertz CT molecular complexity index is 701. The Morgan fingerprint density at radius 2 is 1.28 bits per heavy atom. The van der Waals surface area contributed by atoms with Crippen molar-refractivity contribution >= 4 is 10.0 Å². The molecule has 3 nitrogen and oxygen atoms in total. The van der Waals surface area contributed by atoms with Gasteiger partial charge in [-0.15, -0.1) is 0 Å². The molecule has 1 aromatic carbocycles. The molecule has 0 saturated carbocycles. The van der Waals surface area contributed by atoms with E-state index in [2.05, 4.69) is 0 Å². The molecule has 1 unspecified atom stereocenters. The predicted octanol–water partition coefficient (Wildman–Crippen LogP) is 4.09. The van der Waals surface area contributed by atoms with Gasteiger partial charge in [0.05, 0.1) is 0 Å². The number of halogens is 9. The number of rotatable bonds is 6. The second-order valence-corrected chi connectivity index (χ2v) is 6.67. The fourth-order valence-corrected chi connectivity index (χ4v) is 2.86. The van der Waals surface area contributed by atoms with Crippen molar-refractivity contribution < 1.29 is 47.9 Å². The molecule has 0 heterocycles. The minimum Gasteiger partial charge on any atom is -0.206 e. The van der Waals surface area contributed by atoms with Crippen LogP contribution >= 0.6 is 0 Å². The van der Waals surface area contributed by atoms with Crippen LogP contribution in [0.1, 0.15) is 18.5 Å². The third kappa shape index (κ3) is 3.57. The summed E-state index contributed by atoms with van der Waals surface area (Å²) in [6.07, 6.45) is -7.10. The zero-order valence-corrected chi connectivity index (χ0v) is 12.9. The molecule has 0 aromatic heterocycles. The van der Waals surface area contributed by atoms with Gasteiger partial charge in [0.2, 0.25) is 0 Å². The summed E-state index contributed by atoms with van der Waals surface area (Å²) >= 11 is 0. The second kappa shape index (κ2) is 6.34. The fraction of sp³-hybridized carbons (Fsp3) is 0.500. The maximum atomic E-state index is 13.5. The van der Waals surface area contributed by atoms with Crippen LogP contribution in [0.2, 0.25) is 0 Å². The van der Waals surface area contributed by atoms with Crippen LogP contribution in [0, 0.1) is 0 Å². The van der Waals surface area contributed by atoms with E-state index in [1.165, 1.54) is 30.3 Å². The van der Waals surface area contributed by atoms with E-state index in [4.69, 9.17) is 0 Å². The normalized spacial score (nSPS) is 15.9. The van der Waals surface area contributed by atoms with E-state index in [9.17, 15) is 47.9 Å². The molecule has 0 aliphatic rings. The third-order valence-electron chi connectivity index (χ3n) is 3.08. The summed E-state index contributed by atoms with van der Waals surface area (Å²) in [6, 6.07) is 4.86. The molecule has 1 N–H and O–H groups in total. The van der Waals surface area contributed by atoms with E-state index in [0.717, 1.165) is 11.6 Å². The standard InChI is InChI=1S/C12H10F9NO2S/c1-7(8-5-3-2-4-6-8)22-25(23,24)12(20,21)10(15,16)9(13,14)11(17,18)19/h2-7,22H,1H3. The summed E-state index contributed by atoms with van der Waals surface area (Å²) in [5, 5.41) is -6.75. The van der Waals surface area contributed by atoms with E-state index in [1.54, 1.807) is 0 Å². The third-order valence-corrected chi connectivity index (χ3v) is 4.68. The van der Waals surface area contributed by atoms with Gasteiger partial charge in [-0.1, -0.05) is 30.3 Å². The largest absolute Gasteiger partial charge is 0.460 e. The Hall–Kier alpha value is -1.50. The van der Waals surface area contributed by atoms with Gasteiger partial charge in [-0.2, -0.15) is 39.5 Å². The van der Waals surface area contributed by atoms with Crippen molar-refractivity contribution in [3.8, 4) is 0 Å². The highest BCUT2D eigenvalue weighted by atomic mass is 32.2. The lowest BCUT2D eigenvalue weighted by atomic mass is 10.1. The molecule has 0 aliphatic heterocycles. The van der Waals surface area contributed by atoms with Crippen molar-refractivity contribution in [2.45, 2.75) is 36.2 Å². The van der Waals surface area contributed by atoms with Crippen LogP contribution in [0.25, 0.3) is 0 Å². The van der Waals surface area contributed by atoms with Crippen LogP contribution < -0.4 is 4.72 Å². The molecule has 0 saturated heterocycles. The monoisotopic (exact) mass is 403 g/mol.